The Kier molecular flexibility index (Phi) is 5.76. The minimum Gasteiger partial charge on any atom is -0.340 e. The first-order chi connectivity index (χ1) is 15.4. The van der Waals surface area contributed by atoms with E-state index in [4.69, 9.17) is 0 Å². The summed E-state index contributed by atoms with van der Waals surface area (Å²) < 4.78 is 15.1. The Hall–Kier alpha value is -4.33. The molecule has 32 heavy (non-hydrogen) atoms. The van der Waals surface area contributed by atoms with Gasteiger partial charge in [0.25, 0.3) is 11.6 Å². The molecule has 0 unspecified atom stereocenters. The average molecular weight is 430 g/mol. The maximum absolute atomic E-state index is 13.0. The summed E-state index contributed by atoms with van der Waals surface area (Å²) >= 11 is 0. The molecule has 7 nitrogen and oxygen atoms in total. The fraction of sp³-hybridized carbons (Fsp3) is 0.0833. The van der Waals surface area contributed by atoms with Crippen LogP contribution in [0.3, 0.4) is 0 Å². The lowest BCUT2D eigenvalue weighted by Crippen LogP contribution is -2.17. The third kappa shape index (κ3) is 4.24. The van der Waals surface area contributed by atoms with Gasteiger partial charge < -0.3 is 4.57 Å². The van der Waals surface area contributed by atoms with Crippen molar-refractivity contribution in [2.75, 3.05) is 0 Å². The highest BCUT2D eigenvalue weighted by molar-refractivity contribution is 6.02. The fourth-order valence-corrected chi connectivity index (χ4v) is 3.55. The summed E-state index contributed by atoms with van der Waals surface area (Å²) in [7, 11) is 0. The largest absolute Gasteiger partial charge is 0.340 e. The Labute approximate surface area is 183 Å². The van der Waals surface area contributed by atoms with E-state index in [0.717, 1.165) is 27.7 Å². The van der Waals surface area contributed by atoms with Gasteiger partial charge in [0, 0.05) is 46.4 Å². The molecule has 0 fully saturated rings. The van der Waals surface area contributed by atoms with Crippen molar-refractivity contribution in [2.24, 2.45) is 5.10 Å². The molecular weight excluding hydrogens is 411 g/mol. The number of nitro groups is 1. The van der Waals surface area contributed by atoms with Gasteiger partial charge in [-0.2, -0.15) is 5.10 Å². The molecule has 0 aliphatic carbocycles. The average Bonchev–Trinajstić information content (AvgIpc) is 3.06. The number of nitrogens with zero attached hydrogens (tertiary/aromatic N) is 3. The van der Waals surface area contributed by atoms with Crippen molar-refractivity contribution in [1.82, 2.24) is 9.99 Å². The van der Waals surface area contributed by atoms with Crippen LogP contribution in [0.2, 0.25) is 0 Å². The van der Waals surface area contributed by atoms with Gasteiger partial charge in [-0.1, -0.05) is 30.3 Å². The van der Waals surface area contributed by atoms with Gasteiger partial charge in [-0.3, -0.25) is 14.9 Å². The van der Waals surface area contributed by atoms with Crippen molar-refractivity contribution >= 4 is 28.7 Å². The molecule has 1 heterocycles. The summed E-state index contributed by atoms with van der Waals surface area (Å²) in [6, 6.07) is 19.5. The predicted octanol–water partition coefficient (Wildman–Crippen LogP) is 4.81. The van der Waals surface area contributed by atoms with Gasteiger partial charge in [0.05, 0.1) is 11.1 Å². The lowest BCUT2D eigenvalue weighted by molar-refractivity contribution is -0.384. The third-order valence-corrected chi connectivity index (χ3v) is 5.23. The number of benzene rings is 3. The molecule has 8 heteroatoms. The number of hydrazone groups is 1. The number of carbonyl (C=O) groups is 1. The summed E-state index contributed by atoms with van der Waals surface area (Å²) in [6.07, 6.45) is 1.59. The molecule has 0 saturated carbocycles. The Morgan fingerprint density at radius 1 is 1.09 bits per heavy atom. The molecule has 0 aliphatic heterocycles. The van der Waals surface area contributed by atoms with Gasteiger partial charge in [-0.25, -0.2) is 9.82 Å². The second-order valence-electron chi connectivity index (χ2n) is 7.23. The number of halogens is 1. The van der Waals surface area contributed by atoms with Crippen molar-refractivity contribution in [3.8, 4) is 0 Å². The maximum Gasteiger partial charge on any atom is 0.271 e. The van der Waals surface area contributed by atoms with Crippen LogP contribution in [-0.4, -0.2) is 21.6 Å². The number of nitrogens with one attached hydrogen (secondary N) is 1. The number of hydrogen-bond donors (Lipinski definition) is 1. The van der Waals surface area contributed by atoms with Crippen molar-refractivity contribution in [1.29, 1.82) is 0 Å². The number of aromatic nitrogens is 1. The number of para-hydroxylation sites is 1. The van der Waals surface area contributed by atoms with Crippen molar-refractivity contribution in [2.45, 2.75) is 13.5 Å². The second-order valence-corrected chi connectivity index (χ2v) is 7.23. The highest BCUT2D eigenvalue weighted by Gasteiger charge is 2.14. The van der Waals surface area contributed by atoms with E-state index in [1.807, 2.05) is 31.2 Å². The maximum atomic E-state index is 13.0. The molecule has 4 aromatic rings. The van der Waals surface area contributed by atoms with Crippen LogP contribution in [0, 0.1) is 22.9 Å². The van der Waals surface area contributed by atoms with E-state index in [1.165, 1.54) is 36.4 Å². The summed E-state index contributed by atoms with van der Waals surface area (Å²) in [5.41, 5.74) is 6.51. The van der Waals surface area contributed by atoms with Gasteiger partial charge in [0.1, 0.15) is 5.82 Å². The van der Waals surface area contributed by atoms with Crippen LogP contribution >= 0.6 is 0 Å². The van der Waals surface area contributed by atoms with E-state index >= 15 is 0 Å². The predicted molar refractivity (Wildman–Crippen MR) is 120 cm³/mol. The van der Waals surface area contributed by atoms with Gasteiger partial charge in [-0.15, -0.1) is 0 Å². The van der Waals surface area contributed by atoms with Crippen LogP contribution in [0.1, 0.15) is 27.2 Å². The van der Waals surface area contributed by atoms with Crippen LogP contribution in [0.25, 0.3) is 10.9 Å². The van der Waals surface area contributed by atoms with E-state index in [2.05, 4.69) is 15.1 Å². The van der Waals surface area contributed by atoms with Crippen LogP contribution in [0.4, 0.5) is 10.1 Å². The first kappa shape index (κ1) is 20.9. The Morgan fingerprint density at radius 2 is 1.78 bits per heavy atom. The highest BCUT2D eigenvalue weighted by atomic mass is 19.1. The van der Waals surface area contributed by atoms with Gasteiger partial charge in [0.15, 0.2) is 0 Å². The molecule has 3 aromatic carbocycles. The number of hydrogen-bond acceptors (Lipinski definition) is 4. The summed E-state index contributed by atoms with van der Waals surface area (Å²) in [5, 5.41) is 16.0. The Bertz CT molecular complexity index is 1330. The fourth-order valence-electron chi connectivity index (χ4n) is 3.55. The van der Waals surface area contributed by atoms with Crippen LogP contribution in [0.5, 0.6) is 0 Å². The molecule has 1 aromatic heterocycles. The molecule has 160 valence electrons. The van der Waals surface area contributed by atoms with E-state index in [0.29, 0.717) is 12.1 Å². The lowest BCUT2D eigenvalue weighted by Gasteiger charge is -2.08. The number of fused-ring (bicyclic) bond motifs is 1. The molecule has 0 atom stereocenters. The summed E-state index contributed by atoms with van der Waals surface area (Å²) in [6.45, 7) is 2.48. The summed E-state index contributed by atoms with van der Waals surface area (Å²) in [5.74, 6) is -0.852. The lowest BCUT2D eigenvalue weighted by atomic mass is 10.1. The zero-order valence-electron chi connectivity index (χ0n) is 17.2. The molecule has 0 aliphatic rings. The molecule has 1 amide bonds. The third-order valence-electron chi connectivity index (χ3n) is 5.23. The van der Waals surface area contributed by atoms with Gasteiger partial charge in [-0.05, 0) is 42.8 Å². The zero-order chi connectivity index (χ0) is 22.7. The first-order valence-corrected chi connectivity index (χ1v) is 9.84. The van der Waals surface area contributed by atoms with Gasteiger partial charge in [0.2, 0.25) is 0 Å². The summed E-state index contributed by atoms with van der Waals surface area (Å²) in [4.78, 5) is 22.7. The molecule has 0 spiro atoms. The van der Waals surface area contributed by atoms with Crippen molar-refractivity contribution < 1.29 is 14.1 Å². The highest BCUT2D eigenvalue weighted by Crippen LogP contribution is 2.26. The van der Waals surface area contributed by atoms with Crippen molar-refractivity contribution in [3.05, 3.63) is 111 Å². The number of nitro benzene ring substituents is 1. The standard InChI is InChI=1S/C24H19FN4O3/c1-16-22(14-26-27-24(30)18-8-10-19(25)11-9-18)21-4-2-3-5-23(21)28(16)15-17-6-12-20(13-7-17)29(31)32/h2-14H,15H2,1H3,(H,27,30)/b26-14-. The van der Waals surface area contributed by atoms with E-state index in [1.54, 1.807) is 18.3 Å². The second kappa shape index (κ2) is 8.81. The van der Waals surface area contributed by atoms with Crippen LogP contribution < -0.4 is 5.43 Å². The molecule has 0 radical (unpaired) electrons. The number of carbonyl (C=O) groups excluding carboxylic acids is 1. The number of non-ortho nitro benzene ring substituents is 1. The smallest absolute Gasteiger partial charge is 0.271 e. The normalized spacial score (nSPS) is 11.2. The van der Waals surface area contributed by atoms with E-state index < -0.39 is 16.6 Å². The SMILES string of the molecule is Cc1c(/C=N\NC(=O)c2ccc(F)cc2)c2ccccc2n1Cc1ccc([N+](=O)[O-])cc1. The monoisotopic (exact) mass is 430 g/mol. The first-order valence-electron chi connectivity index (χ1n) is 9.84. The minimum absolute atomic E-state index is 0.0487. The van der Waals surface area contributed by atoms with Crippen LogP contribution in [-0.2, 0) is 6.54 Å². The topological polar surface area (TPSA) is 89.5 Å². The van der Waals surface area contributed by atoms with E-state index in [9.17, 15) is 19.3 Å². The Morgan fingerprint density at radius 3 is 2.47 bits per heavy atom. The number of amides is 1. The molecule has 0 bridgehead atoms. The zero-order valence-corrected chi connectivity index (χ0v) is 17.2. The van der Waals surface area contributed by atoms with Gasteiger partial charge >= 0.3 is 0 Å². The molecule has 1 N–H and O–H groups in total. The van der Waals surface area contributed by atoms with Crippen molar-refractivity contribution in [3.63, 3.8) is 0 Å². The van der Waals surface area contributed by atoms with Crippen LogP contribution in [0.15, 0.2) is 77.9 Å². The molecule has 0 saturated heterocycles. The molecular formula is C24H19FN4O3. The number of rotatable bonds is 6. The minimum atomic E-state index is -0.437. The quantitative estimate of drug-likeness (QED) is 0.270. The molecule has 4 rings (SSSR count). The Balaban J connectivity index is 1.60. The van der Waals surface area contributed by atoms with E-state index in [-0.39, 0.29) is 5.69 Å².